The van der Waals surface area contributed by atoms with Gasteiger partial charge in [0, 0.05) is 0 Å². The van der Waals surface area contributed by atoms with Crippen LogP contribution >= 0.6 is 0 Å². The van der Waals surface area contributed by atoms with Gasteiger partial charge in [0.2, 0.25) is 0 Å². The van der Waals surface area contributed by atoms with E-state index >= 15 is 0 Å². The molecule has 0 radical (unpaired) electrons. The molecular formula is C9H18O2. The lowest BCUT2D eigenvalue weighted by Crippen LogP contribution is -2.47. The van der Waals surface area contributed by atoms with Crippen molar-refractivity contribution < 1.29 is 9.47 Å². The highest BCUT2D eigenvalue weighted by molar-refractivity contribution is 4.79. The Kier molecular flexibility index (Phi) is 3.34. The van der Waals surface area contributed by atoms with Crippen LogP contribution in [0.5, 0.6) is 0 Å². The Bertz CT molecular complexity index is 112. The Morgan fingerprint density at radius 3 is 2.64 bits per heavy atom. The molecule has 0 bridgehead atoms. The summed E-state index contributed by atoms with van der Waals surface area (Å²) in [6.45, 7) is 7.11. The molecule has 2 atom stereocenters. The summed E-state index contributed by atoms with van der Waals surface area (Å²) in [5, 5.41) is 0. The average Bonchev–Trinajstić information content (AvgIpc) is 1.93. The van der Waals surface area contributed by atoms with Crippen molar-refractivity contribution in [3.63, 3.8) is 0 Å². The first-order valence-electron chi connectivity index (χ1n) is 4.51. The summed E-state index contributed by atoms with van der Waals surface area (Å²) in [5.41, 5.74) is 0. The topological polar surface area (TPSA) is 18.5 Å². The lowest BCUT2D eigenvalue weighted by atomic mass is 10.0. The van der Waals surface area contributed by atoms with Crippen molar-refractivity contribution in [1.82, 2.24) is 0 Å². The molecule has 2 heteroatoms. The maximum absolute atomic E-state index is 5.63. The van der Waals surface area contributed by atoms with Gasteiger partial charge in [0.25, 0.3) is 0 Å². The third-order valence-corrected chi connectivity index (χ3v) is 1.91. The summed E-state index contributed by atoms with van der Waals surface area (Å²) in [6, 6.07) is 0. The first-order chi connectivity index (χ1) is 5.24. The second kappa shape index (κ2) is 4.07. The van der Waals surface area contributed by atoms with E-state index in [1.807, 2.05) is 0 Å². The summed E-state index contributed by atoms with van der Waals surface area (Å²) >= 11 is 0. The molecular weight excluding hydrogens is 140 g/mol. The zero-order chi connectivity index (χ0) is 8.27. The fraction of sp³-hybridized carbons (Fsp3) is 1.00. The van der Waals surface area contributed by atoms with Crippen molar-refractivity contribution in [2.75, 3.05) is 6.61 Å². The molecule has 11 heavy (non-hydrogen) atoms. The molecule has 1 aliphatic rings. The summed E-state index contributed by atoms with van der Waals surface area (Å²) in [7, 11) is 0. The Hall–Kier alpha value is -0.0800. The molecule has 2 nitrogen and oxygen atoms in total. The number of ether oxygens (including phenoxy) is 2. The molecule has 0 N–H and O–H groups in total. The summed E-state index contributed by atoms with van der Waals surface area (Å²) in [5.74, 6) is 0. The number of hydrogen-bond donors (Lipinski definition) is 0. The second-order valence-corrected chi connectivity index (χ2v) is 3.38. The fourth-order valence-electron chi connectivity index (χ4n) is 1.34. The monoisotopic (exact) mass is 158 g/mol. The first-order valence-corrected chi connectivity index (χ1v) is 4.51. The minimum absolute atomic E-state index is 0.336. The zero-order valence-corrected chi connectivity index (χ0v) is 7.67. The van der Waals surface area contributed by atoms with Crippen LogP contribution in [-0.2, 0) is 9.47 Å². The molecule has 0 spiro atoms. The van der Waals surface area contributed by atoms with Crippen LogP contribution in [0.1, 0.15) is 33.6 Å². The van der Waals surface area contributed by atoms with E-state index in [0.717, 1.165) is 13.0 Å². The van der Waals surface area contributed by atoms with E-state index in [2.05, 4.69) is 20.8 Å². The maximum Gasteiger partial charge on any atom is 0.107 e. The van der Waals surface area contributed by atoms with Gasteiger partial charge in [-0.2, -0.15) is 0 Å². The minimum atomic E-state index is 0.336. The van der Waals surface area contributed by atoms with Gasteiger partial charge in [-0.15, -0.1) is 0 Å². The summed E-state index contributed by atoms with van der Waals surface area (Å²) in [6.07, 6.45) is 3.40. The van der Waals surface area contributed by atoms with Gasteiger partial charge < -0.3 is 9.47 Å². The van der Waals surface area contributed by atoms with E-state index in [-0.39, 0.29) is 0 Å². The van der Waals surface area contributed by atoms with Crippen LogP contribution in [0.3, 0.4) is 0 Å². The third-order valence-electron chi connectivity index (χ3n) is 1.91. The molecule has 66 valence electrons. The highest BCUT2D eigenvalue weighted by atomic mass is 16.6. The molecule has 1 rings (SSSR count). The Balaban J connectivity index is 2.15. The van der Waals surface area contributed by atoms with Crippen LogP contribution in [0.4, 0.5) is 0 Å². The largest absolute Gasteiger partial charge is 0.373 e. The van der Waals surface area contributed by atoms with Crippen LogP contribution in [-0.4, -0.2) is 24.9 Å². The Morgan fingerprint density at radius 1 is 1.55 bits per heavy atom. The normalized spacial score (nSPS) is 30.5. The van der Waals surface area contributed by atoms with Gasteiger partial charge in [-0.05, 0) is 20.3 Å². The lowest BCUT2D eigenvalue weighted by molar-refractivity contribution is -0.202. The zero-order valence-electron chi connectivity index (χ0n) is 7.67. The molecule has 0 aliphatic carbocycles. The van der Waals surface area contributed by atoms with E-state index in [0.29, 0.717) is 18.3 Å². The van der Waals surface area contributed by atoms with Crippen molar-refractivity contribution in [3.05, 3.63) is 0 Å². The highest BCUT2D eigenvalue weighted by Crippen LogP contribution is 2.21. The average molecular weight is 158 g/mol. The van der Waals surface area contributed by atoms with Crippen LogP contribution in [0.25, 0.3) is 0 Å². The minimum Gasteiger partial charge on any atom is -0.373 e. The van der Waals surface area contributed by atoms with Crippen molar-refractivity contribution in [2.24, 2.45) is 0 Å². The molecule has 0 aromatic carbocycles. The Labute approximate surface area is 68.9 Å². The SMILES string of the molecule is CCCC1OCC1OC(C)C. The second-order valence-electron chi connectivity index (χ2n) is 3.38. The van der Waals surface area contributed by atoms with E-state index in [1.165, 1.54) is 6.42 Å². The first kappa shape index (κ1) is 9.01. The van der Waals surface area contributed by atoms with Gasteiger partial charge in [0.05, 0.1) is 18.8 Å². The van der Waals surface area contributed by atoms with Gasteiger partial charge in [0.15, 0.2) is 0 Å². The predicted molar refractivity (Wildman–Crippen MR) is 44.7 cm³/mol. The third kappa shape index (κ3) is 2.46. The van der Waals surface area contributed by atoms with Gasteiger partial charge in [-0.25, -0.2) is 0 Å². The van der Waals surface area contributed by atoms with Gasteiger partial charge in [0.1, 0.15) is 6.10 Å². The molecule has 1 saturated heterocycles. The smallest absolute Gasteiger partial charge is 0.107 e. The summed E-state index contributed by atoms with van der Waals surface area (Å²) in [4.78, 5) is 0. The van der Waals surface area contributed by atoms with E-state index in [4.69, 9.17) is 9.47 Å². The maximum atomic E-state index is 5.63. The molecule has 1 aliphatic heterocycles. The quantitative estimate of drug-likeness (QED) is 0.623. The van der Waals surface area contributed by atoms with Crippen molar-refractivity contribution >= 4 is 0 Å². The van der Waals surface area contributed by atoms with E-state index < -0.39 is 0 Å². The van der Waals surface area contributed by atoms with Crippen LogP contribution < -0.4 is 0 Å². The van der Waals surface area contributed by atoms with Crippen molar-refractivity contribution in [2.45, 2.75) is 51.9 Å². The molecule has 2 unspecified atom stereocenters. The Morgan fingerprint density at radius 2 is 2.27 bits per heavy atom. The number of hydrogen-bond acceptors (Lipinski definition) is 2. The van der Waals surface area contributed by atoms with Crippen molar-refractivity contribution in [1.29, 1.82) is 0 Å². The van der Waals surface area contributed by atoms with Crippen molar-refractivity contribution in [3.8, 4) is 0 Å². The van der Waals surface area contributed by atoms with E-state index in [1.54, 1.807) is 0 Å². The highest BCUT2D eigenvalue weighted by Gasteiger charge is 2.32. The molecule has 1 fully saturated rings. The molecule has 0 saturated carbocycles. The van der Waals surface area contributed by atoms with E-state index in [9.17, 15) is 0 Å². The molecule has 0 amide bonds. The van der Waals surface area contributed by atoms with Gasteiger partial charge >= 0.3 is 0 Å². The summed E-state index contributed by atoms with van der Waals surface area (Å²) < 4.78 is 11.0. The standard InChI is InChI=1S/C9H18O2/c1-4-5-8-9(6-10-8)11-7(2)3/h7-9H,4-6H2,1-3H3. The predicted octanol–water partition coefficient (Wildman–Crippen LogP) is 1.98. The van der Waals surface area contributed by atoms with Gasteiger partial charge in [-0.1, -0.05) is 13.3 Å². The van der Waals surface area contributed by atoms with Crippen LogP contribution in [0, 0.1) is 0 Å². The molecule has 0 aromatic heterocycles. The molecule has 0 aromatic rings. The van der Waals surface area contributed by atoms with Gasteiger partial charge in [-0.3, -0.25) is 0 Å². The number of rotatable bonds is 4. The van der Waals surface area contributed by atoms with Crippen LogP contribution in [0.15, 0.2) is 0 Å². The fourth-order valence-corrected chi connectivity index (χ4v) is 1.34. The lowest BCUT2D eigenvalue weighted by Gasteiger charge is -2.37. The van der Waals surface area contributed by atoms with Crippen LogP contribution in [0.2, 0.25) is 0 Å². The molecule has 1 heterocycles.